The number of nitrogens with two attached hydrogens (primary N) is 1. The molecule has 1 fully saturated rings. The van der Waals surface area contributed by atoms with E-state index in [0.717, 1.165) is 24.3 Å². The summed E-state index contributed by atoms with van der Waals surface area (Å²) in [5.74, 6) is 2.58. The van der Waals surface area contributed by atoms with Crippen LogP contribution in [0.5, 0.6) is 0 Å². The third kappa shape index (κ3) is 1.67. The van der Waals surface area contributed by atoms with Gasteiger partial charge in [-0.05, 0) is 68.0 Å². The summed E-state index contributed by atoms with van der Waals surface area (Å²) in [4.78, 5) is 0. The van der Waals surface area contributed by atoms with E-state index in [4.69, 9.17) is 5.73 Å². The molecule has 0 aromatic heterocycles. The maximum absolute atomic E-state index is 5.73. The van der Waals surface area contributed by atoms with Crippen LogP contribution >= 0.6 is 0 Å². The smallest absolute Gasteiger partial charge is 0.00714 e. The summed E-state index contributed by atoms with van der Waals surface area (Å²) in [6.07, 6.45) is 5.43. The minimum Gasteiger partial charge on any atom is -0.330 e. The molecule has 3 rings (SSSR count). The molecule has 0 amide bonds. The Labute approximate surface area is 98.0 Å². The minimum absolute atomic E-state index is 0.742. The first-order valence-corrected chi connectivity index (χ1v) is 6.60. The third-order valence-electron chi connectivity index (χ3n) is 4.33. The Bertz CT molecular complexity index is 392. The van der Waals surface area contributed by atoms with Gasteiger partial charge < -0.3 is 5.73 Å². The van der Waals surface area contributed by atoms with Gasteiger partial charge in [-0.2, -0.15) is 0 Å². The number of aryl methyl sites for hydroxylation is 1. The first-order valence-electron chi connectivity index (χ1n) is 6.60. The monoisotopic (exact) mass is 215 g/mol. The molecule has 1 aromatic rings. The standard InChI is InChI=1S/C15H21N/c1-10-2-5-13-12(6-7-16)9-14(11-3-4-11)15(13)8-10/h2,5,8,11-12,14H,3-4,6-7,9,16H2,1H3. The highest BCUT2D eigenvalue weighted by atomic mass is 14.5. The zero-order valence-electron chi connectivity index (χ0n) is 10.1. The van der Waals surface area contributed by atoms with E-state index in [1.807, 2.05) is 0 Å². The predicted molar refractivity (Wildman–Crippen MR) is 67.7 cm³/mol. The number of hydrogen-bond acceptors (Lipinski definition) is 1. The van der Waals surface area contributed by atoms with Gasteiger partial charge in [0.05, 0.1) is 0 Å². The van der Waals surface area contributed by atoms with Gasteiger partial charge in [-0.1, -0.05) is 23.8 Å². The zero-order valence-corrected chi connectivity index (χ0v) is 10.1. The average molecular weight is 215 g/mol. The highest BCUT2D eigenvalue weighted by Crippen LogP contribution is 2.54. The second kappa shape index (κ2) is 3.89. The lowest BCUT2D eigenvalue weighted by molar-refractivity contribution is 0.523. The van der Waals surface area contributed by atoms with Gasteiger partial charge in [0.1, 0.15) is 0 Å². The third-order valence-corrected chi connectivity index (χ3v) is 4.33. The molecule has 0 spiro atoms. The van der Waals surface area contributed by atoms with E-state index in [0.29, 0.717) is 0 Å². The van der Waals surface area contributed by atoms with Crippen LogP contribution in [0.4, 0.5) is 0 Å². The molecule has 0 aliphatic heterocycles. The van der Waals surface area contributed by atoms with Gasteiger partial charge in [0.25, 0.3) is 0 Å². The van der Waals surface area contributed by atoms with Crippen LogP contribution in [0, 0.1) is 12.8 Å². The quantitative estimate of drug-likeness (QED) is 0.822. The van der Waals surface area contributed by atoms with Crippen molar-refractivity contribution in [3.63, 3.8) is 0 Å². The summed E-state index contributed by atoms with van der Waals surface area (Å²) in [5.41, 5.74) is 10.4. The van der Waals surface area contributed by atoms with Gasteiger partial charge in [-0.25, -0.2) is 0 Å². The lowest BCUT2D eigenvalue weighted by Gasteiger charge is -2.10. The van der Waals surface area contributed by atoms with Crippen molar-refractivity contribution in [1.82, 2.24) is 0 Å². The van der Waals surface area contributed by atoms with Crippen molar-refractivity contribution in [3.05, 3.63) is 34.9 Å². The Hall–Kier alpha value is -0.820. The van der Waals surface area contributed by atoms with Crippen molar-refractivity contribution in [2.24, 2.45) is 11.7 Å². The molecule has 2 unspecified atom stereocenters. The van der Waals surface area contributed by atoms with Gasteiger partial charge in [0, 0.05) is 0 Å². The molecule has 16 heavy (non-hydrogen) atoms. The van der Waals surface area contributed by atoms with Crippen LogP contribution in [0.15, 0.2) is 18.2 Å². The van der Waals surface area contributed by atoms with E-state index in [2.05, 4.69) is 25.1 Å². The van der Waals surface area contributed by atoms with Crippen molar-refractivity contribution in [3.8, 4) is 0 Å². The minimum atomic E-state index is 0.742. The fourth-order valence-electron chi connectivity index (χ4n) is 3.37. The summed E-state index contributed by atoms with van der Waals surface area (Å²) in [6.45, 7) is 3.04. The lowest BCUT2D eigenvalue weighted by atomic mass is 9.95. The van der Waals surface area contributed by atoms with Crippen LogP contribution in [0.1, 0.15) is 54.2 Å². The van der Waals surface area contributed by atoms with Crippen LogP contribution in [0.25, 0.3) is 0 Å². The highest BCUT2D eigenvalue weighted by molar-refractivity contribution is 5.42. The normalized spacial score (nSPS) is 28.1. The molecule has 2 aliphatic rings. The van der Waals surface area contributed by atoms with Crippen LogP contribution < -0.4 is 5.73 Å². The van der Waals surface area contributed by atoms with Gasteiger partial charge in [-0.3, -0.25) is 0 Å². The van der Waals surface area contributed by atoms with Crippen LogP contribution in [0.2, 0.25) is 0 Å². The van der Waals surface area contributed by atoms with E-state index < -0.39 is 0 Å². The molecule has 1 nitrogen and oxygen atoms in total. The van der Waals surface area contributed by atoms with Crippen LogP contribution in [-0.4, -0.2) is 6.54 Å². The molecule has 2 aliphatic carbocycles. The first kappa shape index (κ1) is 10.3. The second-order valence-electron chi connectivity index (χ2n) is 5.59. The van der Waals surface area contributed by atoms with E-state index in [9.17, 15) is 0 Å². The summed E-state index contributed by atoms with van der Waals surface area (Å²) >= 11 is 0. The van der Waals surface area contributed by atoms with Crippen molar-refractivity contribution >= 4 is 0 Å². The Balaban J connectivity index is 1.95. The Morgan fingerprint density at radius 3 is 2.75 bits per heavy atom. The molecule has 1 heteroatoms. The number of benzene rings is 1. The fraction of sp³-hybridized carbons (Fsp3) is 0.600. The van der Waals surface area contributed by atoms with E-state index in [-0.39, 0.29) is 0 Å². The van der Waals surface area contributed by atoms with Crippen LogP contribution in [0.3, 0.4) is 0 Å². The summed E-state index contributed by atoms with van der Waals surface area (Å²) in [7, 11) is 0. The molecule has 1 aromatic carbocycles. The SMILES string of the molecule is Cc1ccc2c(c1)C(C1CC1)CC2CCN. The molecule has 2 N–H and O–H groups in total. The molecule has 0 heterocycles. The molecule has 86 valence electrons. The Morgan fingerprint density at radius 2 is 2.06 bits per heavy atom. The molecular formula is C15H21N. The van der Waals surface area contributed by atoms with Gasteiger partial charge in [-0.15, -0.1) is 0 Å². The predicted octanol–water partition coefficient (Wildman–Crippen LogP) is 3.32. The maximum Gasteiger partial charge on any atom is -0.00714 e. The molecule has 0 saturated heterocycles. The van der Waals surface area contributed by atoms with Gasteiger partial charge >= 0.3 is 0 Å². The number of fused-ring (bicyclic) bond motifs is 1. The average Bonchev–Trinajstić information content (AvgIpc) is 3.04. The van der Waals surface area contributed by atoms with Gasteiger partial charge in [0.15, 0.2) is 0 Å². The lowest BCUT2D eigenvalue weighted by Crippen LogP contribution is -2.05. The largest absolute Gasteiger partial charge is 0.330 e. The first-order chi connectivity index (χ1) is 7.79. The molecular weight excluding hydrogens is 194 g/mol. The zero-order chi connectivity index (χ0) is 11.1. The summed E-state index contributed by atoms with van der Waals surface area (Å²) in [6, 6.07) is 7.04. The molecule has 0 bridgehead atoms. The molecule has 1 saturated carbocycles. The number of rotatable bonds is 3. The van der Waals surface area contributed by atoms with Crippen molar-refractivity contribution in [1.29, 1.82) is 0 Å². The summed E-state index contributed by atoms with van der Waals surface area (Å²) in [5, 5.41) is 0. The highest BCUT2D eigenvalue weighted by Gasteiger charge is 2.39. The van der Waals surface area contributed by atoms with Crippen LogP contribution in [-0.2, 0) is 0 Å². The maximum atomic E-state index is 5.73. The molecule has 0 radical (unpaired) electrons. The van der Waals surface area contributed by atoms with Gasteiger partial charge in [0.2, 0.25) is 0 Å². The van der Waals surface area contributed by atoms with Crippen molar-refractivity contribution in [2.45, 2.75) is 44.4 Å². The van der Waals surface area contributed by atoms with E-state index in [1.165, 1.54) is 31.2 Å². The number of hydrogen-bond donors (Lipinski definition) is 1. The van der Waals surface area contributed by atoms with E-state index >= 15 is 0 Å². The Morgan fingerprint density at radius 1 is 1.25 bits per heavy atom. The van der Waals surface area contributed by atoms with Crippen molar-refractivity contribution < 1.29 is 0 Å². The Kier molecular flexibility index (Phi) is 2.51. The molecule has 2 atom stereocenters. The van der Waals surface area contributed by atoms with Crippen molar-refractivity contribution in [2.75, 3.05) is 6.54 Å². The fourth-order valence-corrected chi connectivity index (χ4v) is 3.37. The second-order valence-corrected chi connectivity index (χ2v) is 5.59. The topological polar surface area (TPSA) is 26.0 Å². The van der Waals surface area contributed by atoms with E-state index in [1.54, 1.807) is 11.1 Å². The summed E-state index contributed by atoms with van der Waals surface area (Å²) < 4.78 is 0.